The quantitative estimate of drug-likeness (QED) is 0.756. The van der Waals surface area contributed by atoms with Crippen LogP contribution >= 0.6 is 0 Å². The molecule has 3 nitrogen and oxygen atoms in total. The van der Waals surface area contributed by atoms with Gasteiger partial charge in [-0.2, -0.15) is 0 Å². The van der Waals surface area contributed by atoms with Crippen molar-refractivity contribution in [1.29, 1.82) is 0 Å². The summed E-state index contributed by atoms with van der Waals surface area (Å²) in [7, 11) is 0. The highest BCUT2D eigenvalue weighted by molar-refractivity contribution is 4.71. The molecule has 0 spiro atoms. The third-order valence-corrected chi connectivity index (χ3v) is 4.52. The molecule has 0 N–H and O–H groups in total. The Labute approximate surface area is 145 Å². The fourth-order valence-electron chi connectivity index (χ4n) is 3.13. The van der Waals surface area contributed by atoms with Crippen molar-refractivity contribution in [2.45, 2.75) is 67.2 Å². The average molecular weight is 328 g/mol. The first-order valence-corrected chi connectivity index (χ1v) is 9.54. The molecule has 0 unspecified atom stereocenters. The first-order valence-electron chi connectivity index (χ1n) is 9.54. The molecule has 2 rings (SSSR count). The Morgan fingerprint density at radius 1 is 0.783 bits per heavy atom. The largest absolute Gasteiger partial charge is 0.381 e. The average Bonchev–Trinajstić information content (AvgIpc) is 2.46. The van der Waals surface area contributed by atoms with Crippen molar-refractivity contribution >= 4 is 0 Å². The molecule has 0 aromatic heterocycles. The van der Waals surface area contributed by atoms with Gasteiger partial charge in [-0.05, 0) is 49.0 Å². The molecule has 0 amide bonds. The third-order valence-electron chi connectivity index (χ3n) is 4.52. The summed E-state index contributed by atoms with van der Waals surface area (Å²) >= 11 is 0. The van der Waals surface area contributed by atoms with Crippen LogP contribution in [0, 0.1) is 16.7 Å². The third kappa shape index (κ3) is 12.0. The first-order chi connectivity index (χ1) is 10.7. The summed E-state index contributed by atoms with van der Waals surface area (Å²) in [4.78, 5) is 2.49. The van der Waals surface area contributed by atoms with Crippen LogP contribution in [0.2, 0.25) is 0 Å². The maximum absolute atomic E-state index is 5.31. The molecular formula is C20H41NO2. The molecule has 0 bridgehead atoms. The lowest BCUT2D eigenvalue weighted by atomic mass is 9.81. The zero-order chi connectivity index (χ0) is 17.3. The van der Waals surface area contributed by atoms with E-state index >= 15 is 0 Å². The zero-order valence-corrected chi connectivity index (χ0v) is 16.6. The summed E-state index contributed by atoms with van der Waals surface area (Å²) in [6.45, 7) is 21.1. The van der Waals surface area contributed by atoms with Crippen LogP contribution in [0.25, 0.3) is 0 Å². The first kappa shape index (κ1) is 20.9. The maximum atomic E-state index is 5.31. The van der Waals surface area contributed by atoms with Crippen LogP contribution in [0.1, 0.15) is 67.2 Å². The van der Waals surface area contributed by atoms with E-state index in [9.17, 15) is 0 Å². The molecule has 2 aliphatic heterocycles. The van der Waals surface area contributed by atoms with Gasteiger partial charge >= 0.3 is 0 Å². The monoisotopic (exact) mass is 327 g/mol. The molecule has 0 atom stereocenters. The number of morpholine rings is 1. The predicted molar refractivity (Wildman–Crippen MR) is 98.9 cm³/mol. The zero-order valence-electron chi connectivity index (χ0n) is 16.6. The number of hydrogen-bond acceptors (Lipinski definition) is 3. The molecule has 2 aliphatic rings. The molecule has 0 aromatic carbocycles. The lowest BCUT2D eigenvalue weighted by Gasteiger charge is -2.29. The van der Waals surface area contributed by atoms with Gasteiger partial charge in [-0.3, -0.25) is 4.90 Å². The SMILES string of the molecule is CC(C)(C)CC1CCOCC1.CC(C)(C)CCN1CCOCC1. The molecule has 3 heteroatoms. The van der Waals surface area contributed by atoms with Gasteiger partial charge in [0.15, 0.2) is 0 Å². The second kappa shape index (κ2) is 10.0. The van der Waals surface area contributed by atoms with E-state index in [0.717, 1.165) is 45.4 Å². The van der Waals surface area contributed by atoms with Gasteiger partial charge in [-0.25, -0.2) is 0 Å². The van der Waals surface area contributed by atoms with E-state index in [2.05, 4.69) is 46.4 Å². The molecule has 0 saturated carbocycles. The van der Waals surface area contributed by atoms with Crippen LogP contribution in [-0.4, -0.2) is 51.0 Å². The summed E-state index contributed by atoms with van der Waals surface area (Å²) in [5.74, 6) is 0.920. The highest BCUT2D eigenvalue weighted by Gasteiger charge is 2.20. The van der Waals surface area contributed by atoms with E-state index < -0.39 is 0 Å². The molecule has 2 fully saturated rings. The fraction of sp³-hybridized carbons (Fsp3) is 1.00. The normalized spacial score (nSPS) is 21.7. The molecule has 0 aliphatic carbocycles. The Morgan fingerprint density at radius 3 is 1.78 bits per heavy atom. The summed E-state index contributed by atoms with van der Waals surface area (Å²) in [5.41, 5.74) is 0.973. The molecule has 2 heterocycles. The molecular weight excluding hydrogens is 286 g/mol. The van der Waals surface area contributed by atoms with Gasteiger partial charge in [0.05, 0.1) is 13.2 Å². The molecule has 138 valence electrons. The highest BCUT2D eigenvalue weighted by Crippen LogP contribution is 2.29. The van der Waals surface area contributed by atoms with Crippen molar-refractivity contribution in [3.63, 3.8) is 0 Å². The second-order valence-electron chi connectivity index (χ2n) is 9.59. The predicted octanol–water partition coefficient (Wildman–Crippen LogP) is 4.60. The van der Waals surface area contributed by atoms with E-state index in [0.29, 0.717) is 10.8 Å². The number of ether oxygens (including phenoxy) is 2. The Bertz CT molecular complexity index is 292. The summed E-state index contributed by atoms with van der Waals surface area (Å²) in [6, 6.07) is 0. The van der Waals surface area contributed by atoms with Crippen LogP contribution in [0.15, 0.2) is 0 Å². The van der Waals surface area contributed by atoms with Crippen LogP contribution < -0.4 is 0 Å². The molecule has 23 heavy (non-hydrogen) atoms. The van der Waals surface area contributed by atoms with Crippen molar-refractivity contribution in [2.24, 2.45) is 16.7 Å². The number of hydrogen-bond donors (Lipinski definition) is 0. The van der Waals surface area contributed by atoms with Crippen molar-refractivity contribution < 1.29 is 9.47 Å². The molecule has 2 saturated heterocycles. The van der Waals surface area contributed by atoms with E-state index in [1.807, 2.05) is 0 Å². The van der Waals surface area contributed by atoms with Gasteiger partial charge in [-0.1, -0.05) is 41.5 Å². The van der Waals surface area contributed by atoms with Crippen molar-refractivity contribution in [3.05, 3.63) is 0 Å². The standard InChI is InChI=1S/C10H21NO.C10H20O/c1-10(2,3)4-5-11-6-8-12-9-7-11;1-10(2,3)8-9-4-6-11-7-5-9/h4-9H2,1-3H3;9H,4-8H2,1-3H3. The topological polar surface area (TPSA) is 21.7 Å². The van der Waals surface area contributed by atoms with Crippen LogP contribution in [0.4, 0.5) is 0 Å². The number of nitrogens with zero attached hydrogens (tertiary/aromatic N) is 1. The van der Waals surface area contributed by atoms with Gasteiger partial charge in [0.2, 0.25) is 0 Å². The summed E-state index contributed by atoms with van der Waals surface area (Å²) in [5, 5.41) is 0. The summed E-state index contributed by atoms with van der Waals surface area (Å²) < 4.78 is 10.6. The minimum atomic E-state index is 0.471. The maximum Gasteiger partial charge on any atom is 0.0594 e. The minimum Gasteiger partial charge on any atom is -0.381 e. The summed E-state index contributed by atoms with van der Waals surface area (Å²) in [6.07, 6.45) is 5.19. The second-order valence-corrected chi connectivity index (χ2v) is 9.59. The Balaban J connectivity index is 0.000000231. The van der Waals surface area contributed by atoms with Crippen LogP contribution in [0.5, 0.6) is 0 Å². The minimum absolute atomic E-state index is 0.471. The van der Waals surface area contributed by atoms with E-state index in [1.54, 1.807) is 0 Å². The van der Waals surface area contributed by atoms with E-state index in [-0.39, 0.29) is 0 Å². The Kier molecular flexibility index (Phi) is 9.10. The highest BCUT2D eigenvalue weighted by atomic mass is 16.5. The number of rotatable bonds is 3. The van der Waals surface area contributed by atoms with Gasteiger partial charge < -0.3 is 9.47 Å². The van der Waals surface area contributed by atoms with Crippen LogP contribution in [0.3, 0.4) is 0 Å². The van der Waals surface area contributed by atoms with Gasteiger partial charge in [0.1, 0.15) is 0 Å². The van der Waals surface area contributed by atoms with Crippen molar-refractivity contribution in [2.75, 3.05) is 46.1 Å². The van der Waals surface area contributed by atoms with Crippen molar-refractivity contribution in [3.8, 4) is 0 Å². The van der Waals surface area contributed by atoms with Gasteiger partial charge in [0.25, 0.3) is 0 Å². The van der Waals surface area contributed by atoms with Crippen molar-refractivity contribution in [1.82, 2.24) is 4.90 Å². The van der Waals surface area contributed by atoms with Crippen LogP contribution in [-0.2, 0) is 9.47 Å². The molecule has 0 aromatic rings. The van der Waals surface area contributed by atoms with E-state index in [4.69, 9.17) is 9.47 Å². The van der Waals surface area contributed by atoms with Gasteiger partial charge in [-0.15, -0.1) is 0 Å². The fourth-order valence-corrected chi connectivity index (χ4v) is 3.13. The Morgan fingerprint density at radius 2 is 1.30 bits per heavy atom. The molecule has 0 radical (unpaired) electrons. The Hall–Kier alpha value is -0.120. The lowest BCUT2D eigenvalue weighted by Crippen LogP contribution is -2.37. The van der Waals surface area contributed by atoms with E-state index in [1.165, 1.54) is 32.2 Å². The smallest absolute Gasteiger partial charge is 0.0594 e. The lowest BCUT2D eigenvalue weighted by molar-refractivity contribution is 0.0333. The van der Waals surface area contributed by atoms with Gasteiger partial charge in [0, 0.05) is 26.3 Å².